The SMILES string of the molecule is CC(=O)OC[C@@]1(C)C=C2[C@H]3CC[C@@H]4[C@@]5(C)CCC(=O)C(C)(C)[C@@H]5CC[C@@]4(C)[C@]3(C)CC[C@@]2(C)CC1. The zero-order valence-electron chi connectivity index (χ0n) is 23.8. The summed E-state index contributed by atoms with van der Waals surface area (Å²) >= 11 is 0. The van der Waals surface area contributed by atoms with Gasteiger partial charge in [0.1, 0.15) is 12.4 Å². The first-order chi connectivity index (χ1) is 16.1. The van der Waals surface area contributed by atoms with E-state index in [1.165, 1.54) is 51.9 Å². The maximum atomic E-state index is 13.0. The highest BCUT2D eigenvalue weighted by atomic mass is 16.5. The number of carbonyl (C=O) groups is 2. The van der Waals surface area contributed by atoms with E-state index in [2.05, 4.69) is 54.5 Å². The molecule has 0 unspecified atom stereocenters. The molecule has 0 saturated heterocycles. The number of esters is 1. The smallest absolute Gasteiger partial charge is 0.302 e. The first-order valence-electron chi connectivity index (χ1n) is 14.5. The molecule has 0 heterocycles. The summed E-state index contributed by atoms with van der Waals surface area (Å²) in [6, 6.07) is 0. The minimum absolute atomic E-state index is 0.0477. The van der Waals surface area contributed by atoms with Crippen LogP contribution in [-0.2, 0) is 14.3 Å². The van der Waals surface area contributed by atoms with Crippen molar-refractivity contribution >= 4 is 11.8 Å². The van der Waals surface area contributed by atoms with Crippen LogP contribution in [0.5, 0.6) is 0 Å². The van der Waals surface area contributed by atoms with Crippen LogP contribution in [0.4, 0.5) is 0 Å². The second kappa shape index (κ2) is 7.70. The summed E-state index contributed by atoms with van der Waals surface area (Å²) in [5.41, 5.74) is 2.63. The van der Waals surface area contributed by atoms with Gasteiger partial charge in [0.2, 0.25) is 0 Å². The topological polar surface area (TPSA) is 43.4 Å². The van der Waals surface area contributed by atoms with Gasteiger partial charge in [-0.3, -0.25) is 9.59 Å². The lowest BCUT2D eigenvalue weighted by Crippen LogP contribution is -2.65. The Kier molecular flexibility index (Phi) is 5.62. The van der Waals surface area contributed by atoms with E-state index in [1.54, 1.807) is 5.57 Å². The van der Waals surface area contributed by atoms with Gasteiger partial charge < -0.3 is 4.74 Å². The van der Waals surface area contributed by atoms with Crippen LogP contribution in [-0.4, -0.2) is 18.4 Å². The summed E-state index contributed by atoms with van der Waals surface area (Å²) in [4.78, 5) is 24.6. The van der Waals surface area contributed by atoms with Crippen molar-refractivity contribution in [2.45, 2.75) is 120 Å². The van der Waals surface area contributed by atoms with E-state index in [0.717, 1.165) is 19.3 Å². The lowest BCUT2D eigenvalue weighted by Gasteiger charge is -2.72. The van der Waals surface area contributed by atoms with Crippen molar-refractivity contribution in [2.75, 3.05) is 6.61 Å². The number of hydrogen-bond acceptors (Lipinski definition) is 3. The van der Waals surface area contributed by atoms with Crippen LogP contribution in [0.1, 0.15) is 120 Å². The van der Waals surface area contributed by atoms with E-state index >= 15 is 0 Å². The second-order valence-electron chi connectivity index (χ2n) is 15.4. The zero-order valence-corrected chi connectivity index (χ0v) is 23.8. The molecule has 0 aromatic heterocycles. The highest BCUT2D eigenvalue weighted by Crippen LogP contribution is 2.76. The third-order valence-electron chi connectivity index (χ3n) is 13.2. The largest absolute Gasteiger partial charge is 0.465 e. The van der Waals surface area contributed by atoms with Crippen molar-refractivity contribution in [3.63, 3.8) is 0 Å². The van der Waals surface area contributed by atoms with E-state index in [4.69, 9.17) is 4.74 Å². The van der Waals surface area contributed by atoms with E-state index in [0.29, 0.717) is 46.4 Å². The molecule has 5 rings (SSSR count). The van der Waals surface area contributed by atoms with Gasteiger partial charge in [-0.2, -0.15) is 0 Å². The number of allylic oxidation sites excluding steroid dienone is 1. The van der Waals surface area contributed by atoms with Gasteiger partial charge in [-0.25, -0.2) is 0 Å². The summed E-state index contributed by atoms with van der Waals surface area (Å²) in [5, 5.41) is 0. The zero-order chi connectivity index (χ0) is 25.7. The third kappa shape index (κ3) is 3.41. The van der Waals surface area contributed by atoms with E-state index in [-0.39, 0.29) is 22.2 Å². The fourth-order valence-corrected chi connectivity index (χ4v) is 10.7. The molecule has 0 aliphatic heterocycles. The van der Waals surface area contributed by atoms with Gasteiger partial charge in [0.25, 0.3) is 0 Å². The van der Waals surface area contributed by atoms with Gasteiger partial charge in [-0.1, -0.05) is 60.1 Å². The second-order valence-corrected chi connectivity index (χ2v) is 15.4. The fourth-order valence-electron chi connectivity index (χ4n) is 10.7. The predicted octanol–water partition coefficient (Wildman–Crippen LogP) is 7.92. The summed E-state index contributed by atoms with van der Waals surface area (Å²) in [6.07, 6.45) is 14.4. The molecular formula is C32H50O3. The third-order valence-corrected chi connectivity index (χ3v) is 13.2. The number of carbonyl (C=O) groups excluding carboxylic acids is 2. The standard InChI is InChI=1S/C32H50O3/c1-21(33)35-20-28(4)15-16-29(5)17-18-31(7)22(23(29)19-28)9-10-25-30(6)13-12-26(34)27(2,3)24(30)11-14-32(25,31)8/h19,22,24-25H,9-18,20H2,1-8H3/t22-,24+,25-,28-,29-,30+,31-,32-/m1/s1. The molecule has 196 valence electrons. The Hall–Kier alpha value is -1.12. The number of hydrogen-bond donors (Lipinski definition) is 0. The average molecular weight is 483 g/mol. The Morgan fingerprint density at radius 3 is 2.23 bits per heavy atom. The number of ketones is 1. The van der Waals surface area contributed by atoms with Gasteiger partial charge in [-0.15, -0.1) is 0 Å². The first-order valence-corrected chi connectivity index (χ1v) is 14.5. The van der Waals surface area contributed by atoms with Crippen molar-refractivity contribution in [1.82, 2.24) is 0 Å². The molecule has 0 radical (unpaired) electrons. The lowest BCUT2D eigenvalue weighted by atomic mass is 9.32. The van der Waals surface area contributed by atoms with Crippen molar-refractivity contribution in [3.8, 4) is 0 Å². The molecule has 5 aliphatic rings. The van der Waals surface area contributed by atoms with E-state index in [1.807, 2.05) is 0 Å². The normalized spacial score (nSPS) is 50.7. The van der Waals surface area contributed by atoms with E-state index < -0.39 is 0 Å². The van der Waals surface area contributed by atoms with Crippen molar-refractivity contribution < 1.29 is 14.3 Å². The molecule has 35 heavy (non-hydrogen) atoms. The Morgan fingerprint density at radius 2 is 1.54 bits per heavy atom. The number of ether oxygens (including phenoxy) is 1. The molecule has 3 nitrogen and oxygen atoms in total. The van der Waals surface area contributed by atoms with Gasteiger partial charge in [-0.05, 0) is 97.2 Å². The quantitative estimate of drug-likeness (QED) is 0.296. The molecule has 3 heteroatoms. The molecule has 0 aromatic carbocycles. The lowest BCUT2D eigenvalue weighted by molar-refractivity contribution is -0.211. The molecular weight excluding hydrogens is 432 g/mol. The van der Waals surface area contributed by atoms with Crippen LogP contribution >= 0.6 is 0 Å². The monoisotopic (exact) mass is 482 g/mol. The maximum Gasteiger partial charge on any atom is 0.302 e. The number of fused-ring (bicyclic) bond motifs is 7. The minimum atomic E-state index is -0.179. The van der Waals surface area contributed by atoms with Gasteiger partial charge in [0, 0.05) is 24.2 Å². The molecule has 4 fully saturated rings. The molecule has 4 saturated carbocycles. The van der Waals surface area contributed by atoms with Crippen LogP contribution in [0.2, 0.25) is 0 Å². The summed E-state index contributed by atoms with van der Waals surface area (Å²) in [7, 11) is 0. The molecule has 8 atom stereocenters. The van der Waals surface area contributed by atoms with Crippen LogP contribution < -0.4 is 0 Å². The molecule has 5 aliphatic carbocycles. The molecule has 0 aromatic rings. The Bertz CT molecular complexity index is 962. The van der Waals surface area contributed by atoms with Crippen LogP contribution in [0.3, 0.4) is 0 Å². The Morgan fingerprint density at radius 1 is 0.857 bits per heavy atom. The number of Topliss-reactive ketones (excluding diaryl/α,β-unsaturated/α-hetero) is 1. The summed E-state index contributed by atoms with van der Waals surface area (Å²) in [6.45, 7) is 19.2. The molecule has 0 bridgehead atoms. The van der Waals surface area contributed by atoms with Gasteiger partial charge in [0.15, 0.2) is 0 Å². The molecule has 0 N–H and O–H groups in total. The molecule has 0 spiro atoms. The Balaban J connectivity index is 1.52. The van der Waals surface area contributed by atoms with Gasteiger partial charge in [0.05, 0.1) is 0 Å². The van der Waals surface area contributed by atoms with Crippen LogP contribution in [0.15, 0.2) is 11.6 Å². The molecule has 0 amide bonds. The van der Waals surface area contributed by atoms with Crippen LogP contribution in [0, 0.1) is 50.2 Å². The average Bonchev–Trinajstić information content (AvgIpc) is 2.77. The van der Waals surface area contributed by atoms with Crippen molar-refractivity contribution in [3.05, 3.63) is 11.6 Å². The number of rotatable bonds is 2. The highest BCUT2D eigenvalue weighted by Gasteiger charge is 2.68. The van der Waals surface area contributed by atoms with E-state index in [9.17, 15) is 9.59 Å². The Labute approximate surface area is 214 Å². The fraction of sp³-hybridized carbons (Fsp3) is 0.875. The minimum Gasteiger partial charge on any atom is -0.465 e. The highest BCUT2D eigenvalue weighted by molar-refractivity contribution is 5.85. The van der Waals surface area contributed by atoms with Gasteiger partial charge >= 0.3 is 5.97 Å². The van der Waals surface area contributed by atoms with Crippen molar-refractivity contribution in [1.29, 1.82) is 0 Å². The van der Waals surface area contributed by atoms with Crippen molar-refractivity contribution in [2.24, 2.45) is 50.2 Å². The predicted molar refractivity (Wildman–Crippen MR) is 141 cm³/mol. The summed E-state index contributed by atoms with van der Waals surface area (Å²) in [5.74, 6) is 2.17. The summed E-state index contributed by atoms with van der Waals surface area (Å²) < 4.78 is 5.55. The first kappa shape index (κ1) is 25.5. The maximum absolute atomic E-state index is 13.0. The van der Waals surface area contributed by atoms with Crippen LogP contribution in [0.25, 0.3) is 0 Å².